The van der Waals surface area contributed by atoms with Crippen LogP contribution in [-0.2, 0) is 0 Å². The summed E-state index contributed by atoms with van der Waals surface area (Å²) in [5.41, 5.74) is 9.09. The molecule has 1 aromatic rings. The first-order valence-corrected chi connectivity index (χ1v) is 7.03. The Morgan fingerprint density at radius 1 is 1.18 bits per heavy atom. The summed E-state index contributed by atoms with van der Waals surface area (Å²) in [4.78, 5) is 0. The minimum atomic E-state index is 0.366. The van der Waals surface area contributed by atoms with Gasteiger partial charge in [-0.15, -0.1) is 0 Å². The van der Waals surface area contributed by atoms with Crippen LogP contribution >= 0.6 is 0 Å². The predicted molar refractivity (Wildman–Crippen MR) is 74.1 cm³/mol. The summed E-state index contributed by atoms with van der Waals surface area (Å²) in [7, 11) is 0. The molecule has 0 aliphatic heterocycles. The molecule has 0 spiro atoms. The topological polar surface area (TPSA) is 26.0 Å². The zero-order valence-corrected chi connectivity index (χ0v) is 11.2. The second-order valence-electron chi connectivity index (χ2n) is 5.65. The first-order chi connectivity index (χ1) is 8.20. The first-order valence-electron chi connectivity index (χ1n) is 7.03. The van der Waals surface area contributed by atoms with Crippen molar-refractivity contribution in [1.29, 1.82) is 0 Å². The first kappa shape index (κ1) is 12.6. The standard InChI is InChI=1S/C16H25N/c1-3-4-13-7-10-16(17)15(11-13)14-8-5-12(2)6-9-14/h5-6,8-9,13,15-16H,3-4,7,10-11,17H2,1-2H3. The maximum Gasteiger partial charge on any atom is 0.0108 e. The maximum atomic E-state index is 6.31. The number of hydrogen-bond donors (Lipinski definition) is 1. The molecule has 2 N–H and O–H groups in total. The van der Waals surface area contributed by atoms with E-state index in [2.05, 4.69) is 38.1 Å². The van der Waals surface area contributed by atoms with E-state index in [4.69, 9.17) is 5.73 Å². The third-order valence-corrected chi connectivity index (χ3v) is 4.21. The van der Waals surface area contributed by atoms with Gasteiger partial charge in [-0.25, -0.2) is 0 Å². The SMILES string of the molecule is CCCC1CCC(N)C(c2ccc(C)cc2)C1. The van der Waals surface area contributed by atoms with Crippen molar-refractivity contribution in [3.63, 3.8) is 0 Å². The number of hydrogen-bond acceptors (Lipinski definition) is 1. The molecule has 3 atom stereocenters. The van der Waals surface area contributed by atoms with E-state index in [-0.39, 0.29) is 0 Å². The van der Waals surface area contributed by atoms with Crippen LogP contribution < -0.4 is 5.73 Å². The zero-order valence-electron chi connectivity index (χ0n) is 11.2. The minimum absolute atomic E-state index is 0.366. The lowest BCUT2D eigenvalue weighted by Crippen LogP contribution is -2.34. The van der Waals surface area contributed by atoms with Gasteiger partial charge in [0.15, 0.2) is 0 Å². The summed E-state index contributed by atoms with van der Waals surface area (Å²) in [6.45, 7) is 4.43. The Kier molecular flexibility index (Phi) is 4.22. The van der Waals surface area contributed by atoms with E-state index in [1.165, 1.54) is 43.2 Å². The third-order valence-electron chi connectivity index (χ3n) is 4.21. The molecule has 1 heteroatoms. The summed E-state index contributed by atoms with van der Waals surface area (Å²) in [5, 5.41) is 0. The van der Waals surface area contributed by atoms with E-state index in [1.807, 2.05) is 0 Å². The maximum absolute atomic E-state index is 6.31. The van der Waals surface area contributed by atoms with Crippen LogP contribution in [0.4, 0.5) is 0 Å². The van der Waals surface area contributed by atoms with Gasteiger partial charge < -0.3 is 5.73 Å². The molecule has 1 aromatic carbocycles. The fourth-order valence-electron chi connectivity index (χ4n) is 3.15. The Balaban J connectivity index is 2.09. The van der Waals surface area contributed by atoms with Crippen molar-refractivity contribution in [3.8, 4) is 0 Å². The van der Waals surface area contributed by atoms with Gasteiger partial charge in [-0.05, 0) is 43.6 Å². The highest BCUT2D eigenvalue weighted by Crippen LogP contribution is 2.37. The molecule has 17 heavy (non-hydrogen) atoms. The van der Waals surface area contributed by atoms with Crippen LogP contribution in [0.1, 0.15) is 56.1 Å². The molecule has 0 heterocycles. The molecule has 3 unspecified atom stereocenters. The molecule has 1 fully saturated rings. The second kappa shape index (κ2) is 5.68. The Morgan fingerprint density at radius 2 is 1.88 bits per heavy atom. The Morgan fingerprint density at radius 3 is 2.53 bits per heavy atom. The lowest BCUT2D eigenvalue weighted by atomic mass is 9.74. The Labute approximate surface area is 105 Å². The van der Waals surface area contributed by atoms with Gasteiger partial charge in [-0.1, -0.05) is 49.6 Å². The van der Waals surface area contributed by atoms with E-state index in [0.717, 1.165) is 5.92 Å². The van der Waals surface area contributed by atoms with Crippen molar-refractivity contribution in [3.05, 3.63) is 35.4 Å². The van der Waals surface area contributed by atoms with Crippen molar-refractivity contribution < 1.29 is 0 Å². The fourth-order valence-corrected chi connectivity index (χ4v) is 3.15. The van der Waals surface area contributed by atoms with Gasteiger partial charge in [-0.3, -0.25) is 0 Å². The molecule has 1 aliphatic rings. The number of benzene rings is 1. The van der Waals surface area contributed by atoms with Crippen molar-refractivity contribution >= 4 is 0 Å². The van der Waals surface area contributed by atoms with E-state index in [9.17, 15) is 0 Å². The van der Waals surface area contributed by atoms with Gasteiger partial charge >= 0.3 is 0 Å². The smallest absolute Gasteiger partial charge is 0.0108 e. The largest absolute Gasteiger partial charge is 0.327 e. The van der Waals surface area contributed by atoms with Crippen LogP contribution in [0.3, 0.4) is 0 Å². The number of nitrogens with two attached hydrogens (primary N) is 1. The molecule has 1 saturated carbocycles. The van der Waals surface area contributed by atoms with Crippen LogP contribution in [0.25, 0.3) is 0 Å². The van der Waals surface area contributed by atoms with E-state index >= 15 is 0 Å². The Bertz CT molecular complexity index is 341. The van der Waals surface area contributed by atoms with Gasteiger partial charge in [0.1, 0.15) is 0 Å². The molecular formula is C16H25N. The molecule has 0 amide bonds. The van der Waals surface area contributed by atoms with Gasteiger partial charge in [0, 0.05) is 6.04 Å². The van der Waals surface area contributed by atoms with Gasteiger partial charge in [-0.2, -0.15) is 0 Å². The van der Waals surface area contributed by atoms with Crippen molar-refractivity contribution in [2.24, 2.45) is 11.7 Å². The molecule has 0 saturated heterocycles. The van der Waals surface area contributed by atoms with Crippen LogP contribution in [0.2, 0.25) is 0 Å². The van der Waals surface area contributed by atoms with Gasteiger partial charge in [0.05, 0.1) is 0 Å². The number of aryl methyl sites for hydroxylation is 1. The molecule has 0 aromatic heterocycles. The summed E-state index contributed by atoms with van der Waals surface area (Å²) in [5.74, 6) is 1.48. The van der Waals surface area contributed by atoms with Crippen LogP contribution in [-0.4, -0.2) is 6.04 Å². The van der Waals surface area contributed by atoms with Crippen molar-refractivity contribution in [2.45, 2.75) is 57.9 Å². The van der Waals surface area contributed by atoms with E-state index in [0.29, 0.717) is 12.0 Å². The minimum Gasteiger partial charge on any atom is -0.327 e. The summed E-state index contributed by atoms with van der Waals surface area (Å²) in [6, 6.07) is 9.34. The highest BCUT2D eigenvalue weighted by atomic mass is 14.7. The highest BCUT2D eigenvalue weighted by Gasteiger charge is 2.28. The molecule has 2 rings (SSSR count). The van der Waals surface area contributed by atoms with Gasteiger partial charge in [0.2, 0.25) is 0 Å². The monoisotopic (exact) mass is 231 g/mol. The highest BCUT2D eigenvalue weighted by molar-refractivity contribution is 5.26. The molecular weight excluding hydrogens is 206 g/mol. The van der Waals surface area contributed by atoms with Crippen LogP contribution in [0, 0.1) is 12.8 Å². The normalized spacial score (nSPS) is 29.2. The van der Waals surface area contributed by atoms with E-state index in [1.54, 1.807) is 0 Å². The van der Waals surface area contributed by atoms with Crippen LogP contribution in [0.5, 0.6) is 0 Å². The average molecular weight is 231 g/mol. The van der Waals surface area contributed by atoms with Crippen LogP contribution in [0.15, 0.2) is 24.3 Å². The lowest BCUT2D eigenvalue weighted by molar-refractivity contribution is 0.274. The summed E-state index contributed by atoms with van der Waals surface area (Å²) < 4.78 is 0. The average Bonchev–Trinajstić information content (AvgIpc) is 2.33. The second-order valence-corrected chi connectivity index (χ2v) is 5.65. The third kappa shape index (κ3) is 3.10. The summed E-state index contributed by atoms with van der Waals surface area (Å²) >= 11 is 0. The van der Waals surface area contributed by atoms with Crippen molar-refractivity contribution in [1.82, 2.24) is 0 Å². The predicted octanol–water partition coefficient (Wildman–Crippen LogP) is 4.01. The van der Waals surface area contributed by atoms with E-state index < -0.39 is 0 Å². The lowest BCUT2D eigenvalue weighted by Gasteiger charge is -2.34. The quantitative estimate of drug-likeness (QED) is 0.836. The summed E-state index contributed by atoms with van der Waals surface area (Å²) in [6.07, 6.45) is 6.49. The van der Waals surface area contributed by atoms with Crippen molar-refractivity contribution in [2.75, 3.05) is 0 Å². The molecule has 1 nitrogen and oxygen atoms in total. The molecule has 1 aliphatic carbocycles. The Hall–Kier alpha value is -0.820. The fraction of sp³-hybridized carbons (Fsp3) is 0.625. The molecule has 0 bridgehead atoms. The zero-order chi connectivity index (χ0) is 12.3. The molecule has 0 radical (unpaired) electrons. The molecule has 94 valence electrons. The van der Waals surface area contributed by atoms with Gasteiger partial charge in [0.25, 0.3) is 0 Å². The number of rotatable bonds is 3.